The second-order valence-electron chi connectivity index (χ2n) is 7.33. The summed E-state index contributed by atoms with van der Waals surface area (Å²) in [7, 11) is 0. The van der Waals surface area contributed by atoms with Gasteiger partial charge in [-0.05, 0) is 56.2 Å². The Morgan fingerprint density at radius 3 is 2.77 bits per heavy atom. The molecule has 0 saturated carbocycles. The number of benzene rings is 2. The zero-order valence-electron chi connectivity index (χ0n) is 16.7. The zero-order chi connectivity index (χ0) is 21.4. The number of carbonyl (C=O) groups is 1. The van der Waals surface area contributed by atoms with Crippen molar-refractivity contribution in [1.82, 2.24) is 4.98 Å². The molecule has 0 fully saturated rings. The van der Waals surface area contributed by atoms with Gasteiger partial charge in [0, 0.05) is 17.5 Å². The van der Waals surface area contributed by atoms with Crippen LogP contribution in [0.3, 0.4) is 0 Å². The van der Waals surface area contributed by atoms with E-state index in [0.717, 1.165) is 52.1 Å². The van der Waals surface area contributed by atoms with Crippen LogP contribution < -0.4 is 10.7 Å². The second-order valence-corrected chi connectivity index (χ2v) is 8.36. The molecule has 0 unspecified atom stereocenters. The maximum atomic E-state index is 13.1. The molecule has 31 heavy (non-hydrogen) atoms. The van der Waals surface area contributed by atoms with Crippen molar-refractivity contribution in [2.75, 3.05) is 10.7 Å². The normalized spacial score (nSPS) is 14.6. The van der Waals surface area contributed by atoms with Crippen molar-refractivity contribution in [3.8, 4) is 0 Å². The first-order valence-electron chi connectivity index (χ1n) is 9.96. The highest BCUT2D eigenvalue weighted by Gasteiger charge is 2.28. The van der Waals surface area contributed by atoms with Gasteiger partial charge in [-0.1, -0.05) is 23.5 Å². The molecule has 0 bridgehead atoms. The number of anilines is 2. The predicted molar refractivity (Wildman–Crippen MR) is 121 cm³/mol. The highest BCUT2D eigenvalue weighted by atomic mass is 32.1. The molecule has 1 aliphatic carbocycles. The van der Waals surface area contributed by atoms with E-state index in [1.54, 1.807) is 12.1 Å². The number of hydrogen-bond donors (Lipinski definition) is 2. The summed E-state index contributed by atoms with van der Waals surface area (Å²) in [5, 5.41) is 7.91. The molecule has 1 amide bonds. The predicted octanol–water partition coefficient (Wildman–Crippen LogP) is 5.74. The molecule has 2 heterocycles. The van der Waals surface area contributed by atoms with E-state index < -0.39 is 0 Å². The smallest absolute Gasteiger partial charge is 0.293 e. The minimum Gasteiger partial charge on any atom is -0.455 e. The lowest BCUT2D eigenvalue weighted by atomic mass is 9.93. The van der Waals surface area contributed by atoms with Crippen LogP contribution >= 0.6 is 11.3 Å². The number of hydrogen-bond acceptors (Lipinski definition) is 6. The average molecular weight is 434 g/mol. The number of aromatic nitrogens is 1. The molecule has 1 aliphatic rings. The van der Waals surface area contributed by atoms with E-state index in [4.69, 9.17) is 4.42 Å². The van der Waals surface area contributed by atoms with Crippen LogP contribution in [0.25, 0.3) is 10.2 Å². The van der Waals surface area contributed by atoms with Gasteiger partial charge in [0.2, 0.25) is 0 Å². The number of para-hydroxylation sites is 1. The maximum absolute atomic E-state index is 13.1. The summed E-state index contributed by atoms with van der Waals surface area (Å²) in [5.41, 5.74) is 6.96. The number of rotatable bonds is 4. The third-order valence-corrected chi connectivity index (χ3v) is 6.16. The molecular formula is C23H19FN4O2S. The summed E-state index contributed by atoms with van der Waals surface area (Å²) in [6, 6.07) is 13.7. The molecule has 156 valence electrons. The molecular weight excluding hydrogens is 415 g/mol. The molecule has 2 aromatic carbocycles. The topological polar surface area (TPSA) is 79.5 Å². The molecule has 0 spiro atoms. The standard InChI is InChI=1S/C23H19FN4O2S/c1-13-20-17(28-27-15-11-9-14(24)10-12-15)6-4-7-18(20)30-21(13)22(29)26-23-25-16-5-2-3-8-19(16)31-23/h2-3,5,8-12,27H,4,6-7H2,1H3,(H,25,26,29)/b28-17+. The Labute approximate surface area is 181 Å². The van der Waals surface area contributed by atoms with E-state index >= 15 is 0 Å². The molecule has 6 nitrogen and oxygen atoms in total. The third-order valence-electron chi connectivity index (χ3n) is 5.21. The molecule has 4 aromatic rings. The second kappa shape index (κ2) is 7.96. The largest absolute Gasteiger partial charge is 0.455 e. The Morgan fingerprint density at radius 2 is 1.97 bits per heavy atom. The Bertz CT molecular complexity index is 1270. The van der Waals surface area contributed by atoms with Gasteiger partial charge >= 0.3 is 0 Å². The van der Waals surface area contributed by atoms with Gasteiger partial charge in [0.1, 0.15) is 11.6 Å². The summed E-state index contributed by atoms with van der Waals surface area (Å²) in [6.45, 7) is 1.87. The number of nitrogens with one attached hydrogen (secondary N) is 2. The van der Waals surface area contributed by atoms with E-state index in [9.17, 15) is 9.18 Å². The van der Waals surface area contributed by atoms with Gasteiger partial charge < -0.3 is 4.42 Å². The van der Waals surface area contributed by atoms with Crippen molar-refractivity contribution in [3.63, 3.8) is 0 Å². The van der Waals surface area contributed by atoms with Crippen LogP contribution in [-0.2, 0) is 6.42 Å². The van der Waals surface area contributed by atoms with E-state index in [0.29, 0.717) is 10.8 Å². The van der Waals surface area contributed by atoms with E-state index in [1.165, 1.54) is 23.5 Å². The van der Waals surface area contributed by atoms with Gasteiger partial charge in [-0.15, -0.1) is 0 Å². The minimum atomic E-state index is -0.322. The summed E-state index contributed by atoms with van der Waals surface area (Å²) in [6.07, 6.45) is 2.39. The van der Waals surface area contributed by atoms with Gasteiger partial charge in [0.15, 0.2) is 10.9 Å². The van der Waals surface area contributed by atoms with Crippen LogP contribution in [0.2, 0.25) is 0 Å². The first-order chi connectivity index (χ1) is 15.1. The summed E-state index contributed by atoms with van der Waals surface area (Å²) >= 11 is 1.42. The first kappa shape index (κ1) is 19.4. The van der Waals surface area contributed by atoms with Gasteiger partial charge in [-0.2, -0.15) is 5.10 Å². The van der Waals surface area contributed by atoms with Crippen LogP contribution in [0.5, 0.6) is 0 Å². The Morgan fingerprint density at radius 1 is 1.16 bits per heavy atom. The quantitative estimate of drug-likeness (QED) is 0.401. The number of aryl methyl sites for hydroxylation is 1. The molecule has 0 atom stereocenters. The zero-order valence-corrected chi connectivity index (χ0v) is 17.6. The van der Waals surface area contributed by atoms with Crippen molar-refractivity contribution in [2.24, 2.45) is 5.10 Å². The van der Waals surface area contributed by atoms with Gasteiger partial charge in [-0.3, -0.25) is 15.5 Å². The fraction of sp³-hybridized carbons (Fsp3) is 0.174. The van der Waals surface area contributed by atoms with Crippen LogP contribution in [-0.4, -0.2) is 16.6 Å². The number of fused-ring (bicyclic) bond motifs is 2. The number of amides is 1. The fourth-order valence-electron chi connectivity index (χ4n) is 3.73. The summed E-state index contributed by atoms with van der Waals surface area (Å²) in [4.78, 5) is 17.4. The molecule has 8 heteroatoms. The van der Waals surface area contributed by atoms with E-state index in [2.05, 4.69) is 20.8 Å². The molecule has 0 radical (unpaired) electrons. The average Bonchev–Trinajstić information content (AvgIpc) is 3.34. The van der Waals surface area contributed by atoms with Crippen molar-refractivity contribution in [3.05, 3.63) is 77.0 Å². The molecule has 0 saturated heterocycles. The number of halogens is 1. The Balaban J connectivity index is 1.40. The van der Waals surface area contributed by atoms with Crippen molar-refractivity contribution in [1.29, 1.82) is 0 Å². The van der Waals surface area contributed by atoms with Crippen LogP contribution in [0, 0.1) is 12.7 Å². The highest BCUT2D eigenvalue weighted by molar-refractivity contribution is 7.22. The molecule has 2 N–H and O–H groups in total. The van der Waals surface area contributed by atoms with Gasteiger partial charge in [0.05, 0.1) is 21.6 Å². The Hall–Kier alpha value is -3.52. The SMILES string of the molecule is Cc1c(C(=O)Nc2nc3ccccc3s2)oc2c1/C(=N/Nc1ccc(F)cc1)CCC2. The van der Waals surface area contributed by atoms with Gasteiger partial charge in [-0.25, -0.2) is 9.37 Å². The Kier molecular flexibility index (Phi) is 4.99. The van der Waals surface area contributed by atoms with Crippen LogP contribution in [0.4, 0.5) is 15.2 Å². The minimum absolute atomic E-state index is 0.278. The van der Waals surface area contributed by atoms with E-state index in [1.807, 2.05) is 31.2 Å². The van der Waals surface area contributed by atoms with E-state index in [-0.39, 0.29) is 17.5 Å². The lowest BCUT2D eigenvalue weighted by Gasteiger charge is -2.13. The third kappa shape index (κ3) is 3.82. The van der Waals surface area contributed by atoms with Crippen LogP contribution in [0.1, 0.15) is 40.3 Å². The number of furan rings is 1. The van der Waals surface area contributed by atoms with Gasteiger partial charge in [0.25, 0.3) is 5.91 Å². The van der Waals surface area contributed by atoms with Crippen LogP contribution in [0.15, 0.2) is 58.0 Å². The van der Waals surface area contributed by atoms with Crippen molar-refractivity contribution < 1.29 is 13.6 Å². The summed E-state index contributed by atoms with van der Waals surface area (Å²) < 4.78 is 20.1. The lowest BCUT2D eigenvalue weighted by Crippen LogP contribution is -2.14. The number of thiazole rings is 1. The van der Waals surface area contributed by atoms with Crippen molar-refractivity contribution >= 4 is 44.0 Å². The monoisotopic (exact) mass is 434 g/mol. The van der Waals surface area contributed by atoms with Crippen molar-refractivity contribution in [2.45, 2.75) is 26.2 Å². The molecule has 2 aromatic heterocycles. The number of nitrogens with zero attached hydrogens (tertiary/aromatic N) is 2. The maximum Gasteiger partial charge on any atom is 0.293 e. The number of carbonyl (C=O) groups excluding carboxylic acids is 1. The first-order valence-corrected chi connectivity index (χ1v) is 10.8. The summed E-state index contributed by atoms with van der Waals surface area (Å²) in [5.74, 6) is 0.419. The lowest BCUT2D eigenvalue weighted by molar-refractivity contribution is 0.0994. The molecule has 5 rings (SSSR count). The number of hydrazone groups is 1. The molecule has 0 aliphatic heterocycles. The highest BCUT2D eigenvalue weighted by Crippen LogP contribution is 2.31. The fourth-order valence-corrected chi connectivity index (χ4v) is 4.59.